The molecule has 0 aliphatic carbocycles. The number of morpholine rings is 1. The van der Waals surface area contributed by atoms with Gasteiger partial charge in [0.15, 0.2) is 0 Å². The van der Waals surface area contributed by atoms with Crippen LogP contribution in [0.15, 0.2) is 38.8 Å². The molecule has 0 saturated carbocycles. The number of ether oxygens (including phenoxy) is 2. The molecule has 1 aromatic carbocycles. The van der Waals surface area contributed by atoms with Crippen LogP contribution in [0.1, 0.15) is 0 Å². The van der Waals surface area contributed by atoms with Gasteiger partial charge in [-0.1, -0.05) is 17.8 Å². The fourth-order valence-electron chi connectivity index (χ4n) is 2.93. The van der Waals surface area contributed by atoms with Crippen LogP contribution in [-0.2, 0) is 24.3 Å². The maximum atomic E-state index is 12.8. The molecule has 0 bridgehead atoms. The molecule has 2 fully saturated rings. The quantitative estimate of drug-likeness (QED) is 0.578. The summed E-state index contributed by atoms with van der Waals surface area (Å²) in [6, 6.07) is 6.24. The van der Waals surface area contributed by atoms with E-state index in [2.05, 4.69) is 10.2 Å². The van der Waals surface area contributed by atoms with Gasteiger partial charge in [-0.25, -0.2) is 18.1 Å². The lowest BCUT2D eigenvalue weighted by Gasteiger charge is -2.26. The Kier molecular flexibility index (Phi) is 6.04. The van der Waals surface area contributed by atoms with Crippen molar-refractivity contribution in [2.24, 2.45) is 0 Å². The minimum atomic E-state index is -3.66. The van der Waals surface area contributed by atoms with E-state index in [4.69, 9.17) is 13.9 Å². The molecule has 30 heavy (non-hydrogen) atoms. The Morgan fingerprint density at radius 1 is 1.13 bits per heavy atom. The zero-order valence-electron chi connectivity index (χ0n) is 15.7. The van der Waals surface area contributed by atoms with Crippen LogP contribution in [-0.4, -0.2) is 85.0 Å². The van der Waals surface area contributed by atoms with Gasteiger partial charge in [0, 0.05) is 18.7 Å². The average Bonchev–Trinajstić information content (AvgIpc) is 3.42. The van der Waals surface area contributed by atoms with Gasteiger partial charge in [0.25, 0.3) is 5.22 Å². The Labute approximate surface area is 176 Å². The Hall–Kier alpha value is -2.48. The summed E-state index contributed by atoms with van der Waals surface area (Å²) in [6.45, 7) is 1.72. The van der Waals surface area contributed by atoms with Gasteiger partial charge in [0.05, 0.1) is 30.4 Å². The summed E-state index contributed by atoms with van der Waals surface area (Å²) in [4.78, 5) is 24.6. The highest BCUT2D eigenvalue weighted by Gasteiger charge is 2.29. The van der Waals surface area contributed by atoms with Crippen molar-refractivity contribution in [3.05, 3.63) is 24.3 Å². The van der Waals surface area contributed by atoms with Crippen LogP contribution in [0.5, 0.6) is 0 Å². The second kappa shape index (κ2) is 8.71. The summed E-state index contributed by atoms with van der Waals surface area (Å²) < 4.78 is 42.5. The largest absolute Gasteiger partial charge is 0.447 e. The number of rotatable bonds is 6. The highest BCUT2D eigenvalue weighted by Crippen LogP contribution is 2.27. The fourth-order valence-corrected chi connectivity index (χ4v) is 5.03. The highest BCUT2D eigenvalue weighted by atomic mass is 32.2. The van der Waals surface area contributed by atoms with Crippen LogP contribution in [0, 0.1) is 0 Å². The van der Waals surface area contributed by atoms with E-state index in [1.807, 2.05) is 0 Å². The Morgan fingerprint density at radius 2 is 1.93 bits per heavy atom. The third-order valence-electron chi connectivity index (χ3n) is 4.48. The number of carbonyl (C=O) groups excluding carboxylic acids is 2. The standard InChI is InChI=1S/C17H18N4O7S2/c22-14(21-6-9-27-17(21)23)11-29-16-19-18-15(28-16)12-2-1-3-13(10-12)30(24,25)20-4-7-26-8-5-20/h1-3,10H,4-9,11H2. The van der Waals surface area contributed by atoms with Crippen molar-refractivity contribution in [1.82, 2.24) is 19.4 Å². The molecule has 4 rings (SSSR count). The summed E-state index contributed by atoms with van der Waals surface area (Å²) in [5, 5.41) is 7.94. The first kappa shape index (κ1) is 20.8. The molecular formula is C17H18N4O7S2. The molecule has 0 unspecified atom stereocenters. The van der Waals surface area contributed by atoms with Crippen molar-refractivity contribution >= 4 is 33.8 Å². The zero-order valence-corrected chi connectivity index (χ0v) is 17.4. The Bertz CT molecular complexity index is 1050. The number of benzene rings is 1. The van der Waals surface area contributed by atoms with Crippen LogP contribution in [0.3, 0.4) is 0 Å². The maximum absolute atomic E-state index is 12.8. The molecule has 2 aliphatic rings. The molecule has 0 radical (unpaired) electrons. The molecule has 2 aliphatic heterocycles. The molecular weight excluding hydrogens is 436 g/mol. The number of amides is 2. The van der Waals surface area contributed by atoms with Crippen molar-refractivity contribution in [1.29, 1.82) is 0 Å². The molecule has 2 amide bonds. The van der Waals surface area contributed by atoms with Gasteiger partial charge >= 0.3 is 6.09 Å². The molecule has 11 nitrogen and oxygen atoms in total. The number of carbonyl (C=O) groups is 2. The predicted molar refractivity (Wildman–Crippen MR) is 103 cm³/mol. The van der Waals surface area contributed by atoms with Crippen LogP contribution in [0.2, 0.25) is 0 Å². The predicted octanol–water partition coefficient (Wildman–Crippen LogP) is 0.828. The van der Waals surface area contributed by atoms with Crippen LogP contribution in [0.25, 0.3) is 11.5 Å². The number of thioether (sulfide) groups is 1. The molecule has 3 heterocycles. The van der Waals surface area contributed by atoms with Gasteiger partial charge in [-0.05, 0) is 18.2 Å². The smallest absolute Gasteiger partial charge is 0.416 e. The Balaban J connectivity index is 1.45. The number of imide groups is 1. The fraction of sp³-hybridized carbons (Fsp3) is 0.412. The molecule has 0 spiro atoms. The van der Waals surface area contributed by atoms with Crippen molar-refractivity contribution in [3.63, 3.8) is 0 Å². The SMILES string of the molecule is O=C(CSc1nnc(-c2cccc(S(=O)(=O)N3CCOCC3)c2)o1)N1CCOC1=O. The van der Waals surface area contributed by atoms with Gasteiger partial charge in [-0.2, -0.15) is 4.31 Å². The van der Waals surface area contributed by atoms with E-state index in [-0.39, 0.29) is 34.9 Å². The second-order valence-corrected chi connectivity index (χ2v) is 9.23. The summed E-state index contributed by atoms with van der Waals surface area (Å²) in [5.41, 5.74) is 0.443. The lowest BCUT2D eigenvalue weighted by molar-refractivity contribution is -0.125. The first-order valence-electron chi connectivity index (χ1n) is 9.07. The molecule has 1 aromatic heterocycles. The van der Waals surface area contributed by atoms with Crippen LogP contribution in [0.4, 0.5) is 4.79 Å². The summed E-state index contributed by atoms with van der Waals surface area (Å²) >= 11 is 0.986. The van der Waals surface area contributed by atoms with E-state index >= 15 is 0 Å². The minimum Gasteiger partial charge on any atom is -0.447 e. The van der Waals surface area contributed by atoms with E-state index < -0.39 is 22.0 Å². The highest BCUT2D eigenvalue weighted by molar-refractivity contribution is 7.99. The van der Waals surface area contributed by atoms with E-state index in [1.54, 1.807) is 12.1 Å². The van der Waals surface area contributed by atoms with Gasteiger partial charge in [0.2, 0.25) is 21.8 Å². The number of nitrogens with zero attached hydrogens (tertiary/aromatic N) is 4. The third kappa shape index (κ3) is 4.33. The van der Waals surface area contributed by atoms with E-state index in [0.29, 0.717) is 31.9 Å². The average molecular weight is 454 g/mol. The molecule has 13 heteroatoms. The first-order chi connectivity index (χ1) is 14.4. The third-order valence-corrected chi connectivity index (χ3v) is 7.17. The topological polar surface area (TPSA) is 132 Å². The van der Waals surface area contributed by atoms with E-state index in [9.17, 15) is 18.0 Å². The molecule has 160 valence electrons. The second-order valence-electron chi connectivity index (χ2n) is 6.37. The molecule has 2 aromatic rings. The lowest BCUT2D eigenvalue weighted by atomic mass is 10.2. The van der Waals surface area contributed by atoms with Gasteiger partial charge < -0.3 is 13.9 Å². The summed E-state index contributed by atoms with van der Waals surface area (Å²) in [6.07, 6.45) is -0.662. The van der Waals surface area contributed by atoms with Crippen molar-refractivity contribution < 1.29 is 31.9 Å². The van der Waals surface area contributed by atoms with E-state index in [0.717, 1.165) is 16.7 Å². The van der Waals surface area contributed by atoms with Crippen LogP contribution < -0.4 is 0 Å². The summed E-state index contributed by atoms with van der Waals surface area (Å²) in [5.74, 6) is -0.354. The van der Waals surface area contributed by atoms with Gasteiger partial charge in [-0.3, -0.25) is 4.79 Å². The normalized spacial score (nSPS) is 17.9. The number of hydrogen-bond donors (Lipinski definition) is 0. The number of cyclic esters (lactones) is 1. The number of aromatic nitrogens is 2. The molecule has 2 saturated heterocycles. The van der Waals surface area contributed by atoms with Gasteiger partial charge in [0.1, 0.15) is 6.61 Å². The molecule has 0 N–H and O–H groups in total. The summed E-state index contributed by atoms with van der Waals surface area (Å²) in [7, 11) is -3.66. The van der Waals surface area contributed by atoms with Crippen molar-refractivity contribution in [2.45, 2.75) is 10.1 Å². The van der Waals surface area contributed by atoms with Gasteiger partial charge in [-0.15, -0.1) is 10.2 Å². The zero-order chi connectivity index (χ0) is 21.1. The molecule has 0 atom stereocenters. The monoisotopic (exact) mass is 454 g/mol. The van der Waals surface area contributed by atoms with Crippen LogP contribution >= 0.6 is 11.8 Å². The van der Waals surface area contributed by atoms with E-state index in [1.165, 1.54) is 16.4 Å². The van der Waals surface area contributed by atoms with Crippen molar-refractivity contribution in [2.75, 3.05) is 45.2 Å². The minimum absolute atomic E-state index is 0.0673. The Morgan fingerprint density at radius 3 is 2.67 bits per heavy atom. The maximum Gasteiger partial charge on any atom is 0.416 e. The first-order valence-corrected chi connectivity index (χ1v) is 11.5. The number of hydrogen-bond acceptors (Lipinski definition) is 10. The number of sulfonamides is 1. The lowest BCUT2D eigenvalue weighted by Crippen LogP contribution is -2.40. The van der Waals surface area contributed by atoms with Crippen molar-refractivity contribution in [3.8, 4) is 11.5 Å².